The van der Waals surface area contributed by atoms with Crippen LogP contribution in [-0.2, 0) is 0 Å². The molecule has 1 aromatic carbocycles. The number of rotatable bonds is 3. The highest BCUT2D eigenvalue weighted by molar-refractivity contribution is 9.10. The maximum atomic E-state index is 12.4. The Bertz CT molecular complexity index is 681. The van der Waals surface area contributed by atoms with Crippen LogP contribution < -0.4 is 10.2 Å². The molecule has 0 spiro atoms. The molecule has 0 saturated carbocycles. The Morgan fingerprint density at radius 2 is 1.91 bits per heavy atom. The van der Waals surface area contributed by atoms with Crippen LogP contribution in [0.5, 0.6) is 0 Å². The number of amides is 1. The second kappa shape index (κ2) is 7.08. The first-order valence-corrected chi connectivity index (χ1v) is 8.56. The number of hydrogen-bond acceptors (Lipinski definition) is 4. The summed E-state index contributed by atoms with van der Waals surface area (Å²) < 4.78 is 0.971. The predicted molar refractivity (Wildman–Crippen MR) is 94.7 cm³/mol. The lowest BCUT2D eigenvalue weighted by Crippen LogP contribution is -2.34. The zero-order chi connectivity index (χ0) is 16.2. The Morgan fingerprint density at radius 1 is 1.22 bits per heavy atom. The van der Waals surface area contributed by atoms with Gasteiger partial charge < -0.3 is 10.2 Å². The summed E-state index contributed by atoms with van der Waals surface area (Å²) in [4.78, 5) is 23.3. The lowest BCUT2D eigenvalue weighted by Gasteiger charge is -2.30. The fourth-order valence-electron chi connectivity index (χ4n) is 2.56. The minimum Gasteiger partial charge on any atom is -0.341 e. The van der Waals surface area contributed by atoms with Gasteiger partial charge in [0.2, 0.25) is 5.95 Å². The second-order valence-corrected chi connectivity index (χ2v) is 6.79. The molecule has 1 aliphatic heterocycles. The van der Waals surface area contributed by atoms with Crippen molar-refractivity contribution in [2.45, 2.75) is 19.8 Å². The normalized spacial score (nSPS) is 15.5. The Labute approximate surface area is 144 Å². The molecule has 2 heterocycles. The Hall–Kier alpha value is -1.95. The molecule has 0 unspecified atom stereocenters. The quantitative estimate of drug-likeness (QED) is 0.888. The van der Waals surface area contributed by atoms with Gasteiger partial charge in [0.1, 0.15) is 5.69 Å². The Morgan fingerprint density at radius 3 is 2.61 bits per heavy atom. The number of nitrogens with zero attached hydrogens (tertiary/aromatic N) is 3. The molecule has 5 nitrogen and oxygen atoms in total. The fourth-order valence-corrected chi connectivity index (χ4v) is 2.83. The van der Waals surface area contributed by atoms with Gasteiger partial charge >= 0.3 is 0 Å². The molecule has 1 fully saturated rings. The number of hydrogen-bond donors (Lipinski definition) is 1. The standard InChI is InChI=1S/C17H19BrN4O/c1-12-7-10-22(11-8-12)17-19-9-6-15(21-17)16(23)20-14-4-2-13(18)3-5-14/h2-6,9,12H,7-8,10-11H2,1H3,(H,20,23). The Kier molecular flexibility index (Phi) is 4.91. The summed E-state index contributed by atoms with van der Waals surface area (Å²) in [5, 5.41) is 2.85. The van der Waals surface area contributed by atoms with E-state index in [2.05, 4.69) is 43.0 Å². The molecule has 1 amide bonds. The van der Waals surface area contributed by atoms with Gasteiger partial charge in [-0.15, -0.1) is 0 Å². The van der Waals surface area contributed by atoms with Crippen molar-refractivity contribution in [3.05, 3.63) is 46.7 Å². The second-order valence-electron chi connectivity index (χ2n) is 5.87. The third kappa shape index (κ3) is 4.07. The minimum absolute atomic E-state index is 0.221. The number of halogens is 1. The molecule has 3 rings (SSSR count). The monoisotopic (exact) mass is 374 g/mol. The molecule has 6 heteroatoms. The van der Waals surface area contributed by atoms with Gasteiger partial charge in [-0.25, -0.2) is 9.97 Å². The maximum Gasteiger partial charge on any atom is 0.274 e. The highest BCUT2D eigenvalue weighted by Gasteiger charge is 2.19. The molecule has 0 atom stereocenters. The molecule has 1 N–H and O–H groups in total. The van der Waals surface area contributed by atoms with Gasteiger partial charge in [0.05, 0.1) is 0 Å². The predicted octanol–water partition coefficient (Wildman–Crippen LogP) is 3.73. The third-order valence-corrected chi connectivity index (χ3v) is 4.57. The summed E-state index contributed by atoms with van der Waals surface area (Å²) in [6, 6.07) is 9.10. The van der Waals surface area contributed by atoms with Crippen LogP contribution in [-0.4, -0.2) is 29.0 Å². The van der Waals surface area contributed by atoms with E-state index in [0.717, 1.165) is 42.0 Å². The van der Waals surface area contributed by atoms with Crippen molar-refractivity contribution in [2.24, 2.45) is 5.92 Å². The van der Waals surface area contributed by atoms with Crippen LogP contribution >= 0.6 is 15.9 Å². The summed E-state index contributed by atoms with van der Waals surface area (Å²) in [5.41, 5.74) is 1.13. The van der Waals surface area contributed by atoms with Crippen molar-refractivity contribution < 1.29 is 4.79 Å². The molecule has 23 heavy (non-hydrogen) atoms. The lowest BCUT2D eigenvalue weighted by atomic mass is 10.00. The summed E-state index contributed by atoms with van der Waals surface area (Å²) >= 11 is 3.38. The van der Waals surface area contributed by atoms with Crippen molar-refractivity contribution in [3.63, 3.8) is 0 Å². The van der Waals surface area contributed by atoms with E-state index in [4.69, 9.17) is 0 Å². The van der Waals surface area contributed by atoms with Crippen molar-refractivity contribution in [1.29, 1.82) is 0 Å². The minimum atomic E-state index is -0.221. The number of anilines is 2. The number of carbonyl (C=O) groups is 1. The van der Waals surface area contributed by atoms with Crippen LogP contribution in [0.25, 0.3) is 0 Å². The molecule has 120 valence electrons. The number of piperidine rings is 1. The van der Waals surface area contributed by atoms with Crippen molar-refractivity contribution in [3.8, 4) is 0 Å². The topological polar surface area (TPSA) is 58.1 Å². The van der Waals surface area contributed by atoms with E-state index in [-0.39, 0.29) is 5.91 Å². The highest BCUT2D eigenvalue weighted by atomic mass is 79.9. The van der Waals surface area contributed by atoms with Gasteiger partial charge in [-0.2, -0.15) is 0 Å². The first-order chi connectivity index (χ1) is 11.1. The first kappa shape index (κ1) is 15.9. The van der Waals surface area contributed by atoms with Gasteiger partial charge in [0.25, 0.3) is 5.91 Å². The molecule has 0 bridgehead atoms. The molecule has 0 radical (unpaired) electrons. The first-order valence-electron chi connectivity index (χ1n) is 7.77. The largest absolute Gasteiger partial charge is 0.341 e. The molecular formula is C17H19BrN4O. The summed E-state index contributed by atoms with van der Waals surface area (Å²) in [5.74, 6) is 1.16. The fraction of sp³-hybridized carbons (Fsp3) is 0.353. The van der Waals surface area contributed by atoms with Gasteiger partial charge in [0, 0.05) is 29.4 Å². The molecule has 2 aromatic rings. The highest BCUT2D eigenvalue weighted by Crippen LogP contribution is 2.20. The van der Waals surface area contributed by atoms with Crippen LogP contribution in [0.3, 0.4) is 0 Å². The van der Waals surface area contributed by atoms with Crippen LogP contribution in [0.15, 0.2) is 41.0 Å². The van der Waals surface area contributed by atoms with E-state index in [0.29, 0.717) is 11.6 Å². The van der Waals surface area contributed by atoms with E-state index in [1.165, 1.54) is 0 Å². The van der Waals surface area contributed by atoms with Gasteiger partial charge in [-0.3, -0.25) is 4.79 Å². The SMILES string of the molecule is CC1CCN(c2nccc(C(=O)Nc3ccc(Br)cc3)n2)CC1. The van der Waals surface area contributed by atoms with E-state index in [1.54, 1.807) is 12.3 Å². The smallest absolute Gasteiger partial charge is 0.274 e. The van der Waals surface area contributed by atoms with E-state index < -0.39 is 0 Å². The van der Waals surface area contributed by atoms with E-state index >= 15 is 0 Å². The van der Waals surface area contributed by atoms with Gasteiger partial charge in [-0.05, 0) is 49.1 Å². The van der Waals surface area contributed by atoms with Crippen LogP contribution in [0.2, 0.25) is 0 Å². The zero-order valence-electron chi connectivity index (χ0n) is 13.0. The summed E-state index contributed by atoms with van der Waals surface area (Å²) in [6.07, 6.45) is 3.92. The maximum absolute atomic E-state index is 12.4. The number of carbonyl (C=O) groups excluding carboxylic acids is 1. The number of nitrogens with one attached hydrogen (secondary N) is 1. The molecular weight excluding hydrogens is 356 g/mol. The van der Waals surface area contributed by atoms with Crippen molar-refractivity contribution in [2.75, 3.05) is 23.3 Å². The zero-order valence-corrected chi connectivity index (χ0v) is 14.6. The van der Waals surface area contributed by atoms with Crippen LogP contribution in [0.1, 0.15) is 30.3 Å². The number of benzene rings is 1. The lowest BCUT2D eigenvalue weighted by molar-refractivity contribution is 0.102. The summed E-state index contributed by atoms with van der Waals surface area (Å²) in [6.45, 7) is 4.15. The van der Waals surface area contributed by atoms with E-state index in [1.807, 2.05) is 24.3 Å². The van der Waals surface area contributed by atoms with E-state index in [9.17, 15) is 4.79 Å². The summed E-state index contributed by atoms with van der Waals surface area (Å²) in [7, 11) is 0. The molecule has 1 aliphatic rings. The van der Waals surface area contributed by atoms with Crippen LogP contribution in [0, 0.1) is 5.92 Å². The molecule has 1 saturated heterocycles. The van der Waals surface area contributed by atoms with Crippen molar-refractivity contribution in [1.82, 2.24) is 9.97 Å². The Balaban J connectivity index is 1.71. The van der Waals surface area contributed by atoms with Crippen molar-refractivity contribution >= 4 is 33.5 Å². The average molecular weight is 375 g/mol. The van der Waals surface area contributed by atoms with Gasteiger partial charge in [0.15, 0.2) is 0 Å². The molecule has 1 aromatic heterocycles. The average Bonchev–Trinajstić information content (AvgIpc) is 2.58. The number of aromatic nitrogens is 2. The van der Waals surface area contributed by atoms with Crippen LogP contribution in [0.4, 0.5) is 11.6 Å². The third-order valence-electron chi connectivity index (χ3n) is 4.04. The van der Waals surface area contributed by atoms with Gasteiger partial charge in [-0.1, -0.05) is 22.9 Å². The molecule has 0 aliphatic carbocycles.